The van der Waals surface area contributed by atoms with Crippen LogP contribution in [0.25, 0.3) is 0 Å². The maximum absolute atomic E-state index is 11.7. The standard InChI is InChI=1S/C15H19NO3S/c17-14-6-5-12(15(18)19)13(14)10-20-8-2-4-11-3-1-7-16-9-11/h1,3,7,9,12-13H,2,4-6,8,10H2,(H,18,19)/t12-,13+/m1/s1. The molecule has 0 radical (unpaired) electrons. The van der Waals surface area contributed by atoms with Gasteiger partial charge in [-0.05, 0) is 36.6 Å². The van der Waals surface area contributed by atoms with Gasteiger partial charge in [-0.2, -0.15) is 11.8 Å². The Bertz CT molecular complexity index is 463. The summed E-state index contributed by atoms with van der Waals surface area (Å²) in [6.07, 6.45) is 6.56. The van der Waals surface area contributed by atoms with Crippen LogP contribution in [0.5, 0.6) is 0 Å². The van der Waals surface area contributed by atoms with E-state index >= 15 is 0 Å². The first kappa shape index (κ1) is 15.0. The van der Waals surface area contributed by atoms with Crippen LogP contribution in [0.4, 0.5) is 0 Å². The van der Waals surface area contributed by atoms with Crippen molar-refractivity contribution in [3.8, 4) is 0 Å². The van der Waals surface area contributed by atoms with Crippen molar-refractivity contribution in [1.82, 2.24) is 4.98 Å². The average Bonchev–Trinajstić information content (AvgIpc) is 2.81. The smallest absolute Gasteiger partial charge is 0.307 e. The van der Waals surface area contributed by atoms with Crippen LogP contribution in [0.2, 0.25) is 0 Å². The highest BCUT2D eigenvalue weighted by Crippen LogP contribution is 2.31. The monoisotopic (exact) mass is 293 g/mol. The van der Waals surface area contributed by atoms with Gasteiger partial charge in [0.05, 0.1) is 5.92 Å². The number of pyridine rings is 1. The van der Waals surface area contributed by atoms with E-state index in [9.17, 15) is 9.59 Å². The SMILES string of the molecule is O=C1CC[C@@H](C(=O)O)[C@@H]1CSCCCc1cccnc1. The van der Waals surface area contributed by atoms with Crippen LogP contribution in [-0.2, 0) is 16.0 Å². The first-order valence-corrected chi connectivity index (χ1v) is 8.06. The van der Waals surface area contributed by atoms with Gasteiger partial charge in [-0.25, -0.2) is 0 Å². The lowest BCUT2D eigenvalue weighted by atomic mass is 9.98. The lowest BCUT2D eigenvalue weighted by molar-refractivity contribution is -0.143. The highest BCUT2D eigenvalue weighted by molar-refractivity contribution is 7.99. The molecule has 2 rings (SSSR count). The average molecular weight is 293 g/mol. The van der Waals surface area contributed by atoms with Crippen LogP contribution in [0.15, 0.2) is 24.5 Å². The molecule has 0 saturated heterocycles. The quantitative estimate of drug-likeness (QED) is 0.782. The Hall–Kier alpha value is -1.36. The second-order valence-corrected chi connectivity index (χ2v) is 6.25. The van der Waals surface area contributed by atoms with Crippen molar-refractivity contribution in [2.75, 3.05) is 11.5 Å². The normalized spacial score (nSPS) is 22.1. The van der Waals surface area contributed by atoms with Crippen molar-refractivity contribution in [2.45, 2.75) is 25.7 Å². The molecule has 0 bridgehead atoms. The molecule has 1 aliphatic rings. The van der Waals surface area contributed by atoms with Gasteiger partial charge in [-0.15, -0.1) is 0 Å². The molecular formula is C15H19NO3S. The Morgan fingerprint density at radius 3 is 3.05 bits per heavy atom. The number of Topliss-reactive ketones (excluding diaryl/α,β-unsaturated/α-hetero) is 1. The van der Waals surface area contributed by atoms with E-state index in [1.54, 1.807) is 18.0 Å². The van der Waals surface area contributed by atoms with Crippen molar-refractivity contribution in [2.24, 2.45) is 11.8 Å². The number of ketones is 1. The Kier molecular flexibility index (Phi) is 5.59. The molecule has 5 heteroatoms. The second kappa shape index (κ2) is 7.43. The molecule has 2 atom stereocenters. The van der Waals surface area contributed by atoms with E-state index in [1.807, 2.05) is 12.3 Å². The molecule has 1 aliphatic carbocycles. The minimum atomic E-state index is -0.822. The highest BCUT2D eigenvalue weighted by atomic mass is 32.2. The topological polar surface area (TPSA) is 67.3 Å². The van der Waals surface area contributed by atoms with Crippen molar-refractivity contribution in [3.05, 3.63) is 30.1 Å². The lowest BCUT2D eigenvalue weighted by Gasteiger charge is -2.13. The van der Waals surface area contributed by atoms with Crippen LogP contribution in [0.1, 0.15) is 24.8 Å². The molecule has 0 unspecified atom stereocenters. The number of hydrogen-bond donors (Lipinski definition) is 1. The summed E-state index contributed by atoms with van der Waals surface area (Å²) in [4.78, 5) is 26.8. The number of aliphatic carboxylic acids is 1. The van der Waals surface area contributed by atoms with Crippen molar-refractivity contribution >= 4 is 23.5 Å². The van der Waals surface area contributed by atoms with E-state index in [1.165, 1.54) is 5.56 Å². The largest absolute Gasteiger partial charge is 0.481 e. The minimum Gasteiger partial charge on any atom is -0.481 e. The summed E-state index contributed by atoms with van der Waals surface area (Å²) in [5, 5.41) is 9.08. The number of rotatable bonds is 7. The zero-order chi connectivity index (χ0) is 14.4. The van der Waals surface area contributed by atoms with Gasteiger partial charge in [0.1, 0.15) is 5.78 Å². The van der Waals surface area contributed by atoms with Crippen molar-refractivity contribution < 1.29 is 14.7 Å². The zero-order valence-electron chi connectivity index (χ0n) is 11.3. The van der Waals surface area contributed by atoms with Gasteiger partial charge in [0.15, 0.2) is 0 Å². The summed E-state index contributed by atoms with van der Waals surface area (Å²) in [7, 11) is 0. The van der Waals surface area contributed by atoms with Crippen LogP contribution in [0.3, 0.4) is 0 Å². The number of carbonyl (C=O) groups excluding carboxylic acids is 1. The first-order valence-electron chi connectivity index (χ1n) is 6.90. The number of carboxylic acid groups (broad SMARTS) is 1. The summed E-state index contributed by atoms with van der Waals surface area (Å²) in [5.74, 6) is 0.145. The molecule has 1 aromatic rings. The van der Waals surface area contributed by atoms with Crippen LogP contribution in [0, 0.1) is 11.8 Å². The summed E-state index contributed by atoms with van der Waals surface area (Å²) < 4.78 is 0. The Balaban J connectivity index is 1.68. The van der Waals surface area contributed by atoms with Crippen LogP contribution < -0.4 is 0 Å². The molecular weight excluding hydrogens is 274 g/mol. The van der Waals surface area contributed by atoms with E-state index < -0.39 is 11.9 Å². The maximum Gasteiger partial charge on any atom is 0.307 e. The van der Waals surface area contributed by atoms with Gasteiger partial charge >= 0.3 is 5.97 Å². The highest BCUT2D eigenvalue weighted by Gasteiger charge is 2.38. The lowest BCUT2D eigenvalue weighted by Crippen LogP contribution is -2.24. The predicted octanol–water partition coefficient (Wildman–Crippen LogP) is 2.43. The number of hydrogen-bond acceptors (Lipinski definition) is 4. The van der Waals surface area contributed by atoms with Gasteiger partial charge in [-0.3, -0.25) is 14.6 Å². The number of aryl methyl sites for hydroxylation is 1. The molecule has 20 heavy (non-hydrogen) atoms. The van der Waals surface area contributed by atoms with E-state index in [2.05, 4.69) is 11.1 Å². The van der Waals surface area contributed by atoms with E-state index in [0.29, 0.717) is 18.6 Å². The molecule has 1 saturated carbocycles. The Labute approximate surface area is 123 Å². The molecule has 4 nitrogen and oxygen atoms in total. The van der Waals surface area contributed by atoms with Crippen molar-refractivity contribution in [3.63, 3.8) is 0 Å². The Morgan fingerprint density at radius 2 is 2.35 bits per heavy atom. The number of thioether (sulfide) groups is 1. The maximum atomic E-state index is 11.7. The van der Waals surface area contributed by atoms with Crippen LogP contribution >= 0.6 is 11.8 Å². The zero-order valence-corrected chi connectivity index (χ0v) is 12.1. The molecule has 0 amide bonds. The Morgan fingerprint density at radius 1 is 1.50 bits per heavy atom. The molecule has 108 valence electrons. The number of aromatic nitrogens is 1. The van der Waals surface area contributed by atoms with Crippen LogP contribution in [-0.4, -0.2) is 33.3 Å². The van der Waals surface area contributed by atoms with Gasteiger partial charge in [-0.1, -0.05) is 6.07 Å². The molecule has 0 aliphatic heterocycles. The van der Waals surface area contributed by atoms with Gasteiger partial charge in [0.2, 0.25) is 0 Å². The molecule has 0 spiro atoms. The minimum absolute atomic E-state index is 0.122. The summed E-state index contributed by atoms with van der Waals surface area (Å²) in [6.45, 7) is 0. The third-order valence-electron chi connectivity index (χ3n) is 3.69. The van der Waals surface area contributed by atoms with Gasteiger partial charge < -0.3 is 5.11 Å². The number of carboxylic acids is 1. The van der Waals surface area contributed by atoms with E-state index in [-0.39, 0.29) is 11.7 Å². The van der Waals surface area contributed by atoms with Gasteiger partial charge in [0.25, 0.3) is 0 Å². The van der Waals surface area contributed by atoms with Crippen molar-refractivity contribution in [1.29, 1.82) is 0 Å². The van der Waals surface area contributed by atoms with Gasteiger partial charge in [0, 0.05) is 30.5 Å². The third kappa shape index (κ3) is 4.07. The second-order valence-electron chi connectivity index (χ2n) is 5.10. The molecule has 1 N–H and O–H groups in total. The summed E-state index contributed by atoms with van der Waals surface area (Å²) in [5.41, 5.74) is 1.22. The number of nitrogens with zero attached hydrogens (tertiary/aromatic N) is 1. The fraction of sp³-hybridized carbons (Fsp3) is 0.533. The van der Waals surface area contributed by atoms with E-state index in [0.717, 1.165) is 18.6 Å². The fourth-order valence-corrected chi connectivity index (χ4v) is 3.74. The first-order chi connectivity index (χ1) is 9.68. The summed E-state index contributed by atoms with van der Waals surface area (Å²) >= 11 is 1.69. The molecule has 1 fully saturated rings. The molecule has 1 heterocycles. The predicted molar refractivity (Wildman–Crippen MR) is 78.7 cm³/mol. The molecule has 0 aromatic carbocycles. The summed E-state index contributed by atoms with van der Waals surface area (Å²) in [6, 6.07) is 3.98. The number of carbonyl (C=O) groups is 2. The third-order valence-corrected chi connectivity index (χ3v) is 4.86. The molecule has 1 aromatic heterocycles. The van der Waals surface area contributed by atoms with E-state index in [4.69, 9.17) is 5.11 Å². The fourth-order valence-electron chi connectivity index (χ4n) is 2.55.